The molecule has 102 valence electrons. The lowest BCUT2D eigenvalue weighted by molar-refractivity contribution is -0.128. The molecule has 19 heavy (non-hydrogen) atoms. The average molecular weight is 327 g/mol. The molecule has 2 bridgehead atoms. The minimum Gasteiger partial charge on any atom is -0.299 e. The average Bonchev–Trinajstić information content (AvgIpc) is 2.43. The van der Waals surface area contributed by atoms with Gasteiger partial charge in [-0.25, -0.2) is 4.39 Å². The van der Waals surface area contributed by atoms with Crippen molar-refractivity contribution in [3.05, 3.63) is 34.1 Å². The van der Waals surface area contributed by atoms with Gasteiger partial charge in [-0.2, -0.15) is 0 Å². The molecule has 3 aliphatic rings. The summed E-state index contributed by atoms with van der Waals surface area (Å²) in [5.74, 6) is -0.0497. The van der Waals surface area contributed by atoms with Crippen molar-refractivity contribution >= 4 is 21.7 Å². The molecule has 3 aliphatic heterocycles. The van der Waals surface area contributed by atoms with Gasteiger partial charge in [0.15, 0.2) is 5.78 Å². The van der Waals surface area contributed by atoms with Crippen molar-refractivity contribution in [2.24, 2.45) is 0 Å². The maximum Gasteiger partial charge on any atom is 0.155 e. The lowest BCUT2D eigenvalue weighted by atomic mass is 9.98. The Balaban J connectivity index is 1.71. The summed E-state index contributed by atoms with van der Waals surface area (Å²) in [7, 11) is 0. The number of fused-ring (bicyclic) bond motifs is 3. The largest absolute Gasteiger partial charge is 0.299 e. The molecule has 0 N–H and O–H groups in total. The van der Waals surface area contributed by atoms with E-state index >= 15 is 0 Å². The van der Waals surface area contributed by atoms with Gasteiger partial charge in [-0.05, 0) is 17.7 Å². The molecule has 0 saturated carbocycles. The second kappa shape index (κ2) is 5.31. The van der Waals surface area contributed by atoms with Crippen LogP contribution >= 0.6 is 15.9 Å². The zero-order chi connectivity index (χ0) is 13.4. The van der Waals surface area contributed by atoms with Crippen LogP contribution in [-0.2, 0) is 11.2 Å². The van der Waals surface area contributed by atoms with Crippen LogP contribution in [0.3, 0.4) is 0 Å². The minimum atomic E-state index is -0.283. The molecule has 4 rings (SSSR count). The molecule has 3 nitrogen and oxygen atoms in total. The van der Waals surface area contributed by atoms with Gasteiger partial charge < -0.3 is 0 Å². The smallest absolute Gasteiger partial charge is 0.155 e. The summed E-state index contributed by atoms with van der Waals surface area (Å²) < 4.78 is 13.7. The standard InChI is InChI=1S/C14H16BrFN2O/c15-12-8-11(16)2-1-10(12)7-14(19)13-9-17-3-5-18(13)6-4-17/h1-2,8,13H,3-7,9H2. The zero-order valence-corrected chi connectivity index (χ0v) is 12.2. The fraction of sp³-hybridized carbons (Fsp3) is 0.500. The number of ketones is 1. The normalized spacial score (nSPS) is 29.5. The molecule has 3 heterocycles. The lowest BCUT2D eigenvalue weighted by Crippen LogP contribution is -2.63. The molecule has 1 aromatic carbocycles. The van der Waals surface area contributed by atoms with E-state index in [0.717, 1.165) is 38.3 Å². The fourth-order valence-electron chi connectivity index (χ4n) is 2.89. The molecule has 0 spiro atoms. The van der Waals surface area contributed by atoms with Crippen molar-refractivity contribution in [3.63, 3.8) is 0 Å². The summed E-state index contributed by atoms with van der Waals surface area (Å²) in [5.41, 5.74) is 0.865. The molecule has 1 unspecified atom stereocenters. The second-order valence-electron chi connectivity index (χ2n) is 5.23. The van der Waals surface area contributed by atoms with Crippen molar-refractivity contribution in [2.75, 3.05) is 32.7 Å². The first-order valence-electron chi connectivity index (χ1n) is 6.56. The molecule has 1 atom stereocenters. The van der Waals surface area contributed by atoms with Gasteiger partial charge in [0.05, 0.1) is 6.04 Å². The fourth-order valence-corrected chi connectivity index (χ4v) is 3.38. The van der Waals surface area contributed by atoms with Crippen molar-refractivity contribution < 1.29 is 9.18 Å². The van der Waals surface area contributed by atoms with Crippen LogP contribution < -0.4 is 0 Å². The molecular formula is C14H16BrFN2O. The van der Waals surface area contributed by atoms with E-state index < -0.39 is 0 Å². The van der Waals surface area contributed by atoms with Crippen molar-refractivity contribution in [1.29, 1.82) is 0 Å². The highest BCUT2D eigenvalue weighted by molar-refractivity contribution is 9.10. The summed E-state index contributed by atoms with van der Waals surface area (Å²) in [6.07, 6.45) is 0.371. The number of hydrogen-bond donors (Lipinski definition) is 0. The summed E-state index contributed by atoms with van der Waals surface area (Å²) in [6.45, 7) is 4.97. The Kier molecular flexibility index (Phi) is 3.69. The monoisotopic (exact) mass is 326 g/mol. The minimum absolute atomic E-state index is 0.0134. The number of carbonyl (C=O) groups excluding carboxylic acids is 1. The summed E-state index contributed by atoms with van der Waals surface area (Å²) >= 11 is 3.32. The molecule has 0 radical (unpaired) electrons. The number of Topliss-reactive ketones (excluding diaryl/α,β-unsaturated/α-hetero) is 1. The van der Waals surface area contributed by atoms with E-state index in [0.29, 0.717) is 10.9 Å². The van der Waals surface area contributed by atoms with Gasteiger partial charge in [0.25, 0.3) is 0 Å². The van der Waals surface area contributed by atoms with E-state index in [1.807, 2.05) is 0 Å². The summed E-state index contributed by atoms with van der Waals surface area (Å²) in [5, 5.41) is 0. The Hall–Kier alpha value is -0.780. The van der Waals surface area contributed by atoms with E-state index in [1.165, 1.54) is 12.1 Å². The van der Waals surface area contributed by atoms with Gasteiger partial charge in [0, 0.05) is 43.6 Å². The number of carbonyl (C=O) groups is 1. The van der Waals surface area contributed by atoms with Crippen molar-refractivity contribution in [2.45, 2.75) is 12.5 Å². The third-order valence-corrected chi connectivity index (χ3v) is 4.77. The Bertz CT molecular complexity index is 500. The van der Waals surface area contributed by atoms with Gasteiger partial charge >= 0.3 is 0 Å². The molecule has 3 saturated heterocycles. The summed E-state index contributed by atoms with van der Waals surface area (Å²) in [6, 6.07) is 4.52. The van der Waals surface area contributed by atoms with E-state index in [4.69, 9.17) is 0 Å². The maximum atomic E-state index is 13.0. The van der Waals surface area contributed by atoms with Crippen LogP contribution in [0.15, 0.2) is 22.7 Å². The Morgan fingerprint density at radius 2 is 2.05 bits per heavy atom. The predicted molar refractivity (Wildman–Crippen MR) is 74.6 cm³/mol. The summed E-state index contributed by atoms with van der Waals surface area (Å²) in [4.78, 5) is 17.0. The third-order valence-electron chi connectivity index (χ3n) is 4.03. The van der Waals surface area contributed by atoms with Crippen LogP contribution in [0.1, 0.15) is 5.56 Å². The first kappa shape index (κ1) is 13.2. The van der Waals surface area contributed by atoms with Gasteiger partial charge in [-0.1, -0.05) is 22.0 Å². The quantitative estimate of drug-likeness (QED) is 0.844. The third kappa shape index (κ3) is 2.73. The Labute approximate surface area is 120 Å². The molecule has 1 aromatic rings. The second-order valence-corrected chi connectivity index (χ2v) is 6.09. The van der Waals surface area contributed by atoms with Crippen LogP contribution in [0.4, 0.5) is 4.39 Å². The van der Waals surface area contributed by atoms with E-state index in [-0.39, 0.29) is 17.6 Å². The number of rotatable bonds is 3. The molecular weight excluding hydrogens is 311 g/mol. The predicted octanol–water partition coefficient (Wildman–Crippen LogP) is 1.70. The van der Waals surface area contributed by atoms with Crippen LogP contribution in [0.25, 0.3) is 0 Å². The van der Waals surface area contributed by atoms with Crippen molar-refractivity contribution in [1.82, 2.24) is 9.80 Å². The van der Waals surface area contributed by atoms with Crippen molar-refractivity contribution in [3.8, 4) is 0 Å². The van der Waals surface area contributed by atoms with E-state index in [1.54, 1.807) is 6.07 Å². The molecule has 0 aromatic heterocycles. The molecule has 3 fully saturated rings. The highest BCUT2D eigenvalue weighted by atomic mass is 79.9. The Morgan fingerprint density at radius 1 is 1.32 bits per heavy atom. The molecule has 5 heteroatoms. The van der Waals surface area contributed by atoms with E-state index in [2.05, 4.69) is 25.7 Å². The first-order chi connectivity index (χ1) is 9.13. The van der Waals surface area contributed by atoms with Gasteiger partial charge in [0.1, 0.15) is 5.82 Å². The van der Waals surface area contributed by atoms with Gasteiger partial charge in [-0.15, -0.1) is 0 Å². The number of piperazine rings is 3. The number of hydrogen-bond acceptors (Lipinski definition) is 3. The van der Waals surface area contributed by atoms with Gasteiger partial charge in [-0.3, -0.25) is 14.6 Å². The highest BCUT2D eigenvalue weighted by Gasteiger charge is 2.35. The lowest BCUT2D eigenvalue weighted by Gasteiger charge is -2.46. The van der Waals surface area contributed by atoms with Crippen LogP contribution in [0.2, 0.25) is 0 Å². The van der Waals surface area contributed by atoms with Gasteiger partial charge in [0.2, 0.25) is 0 Å². The molecule has 0 aliphatic carbocycles. The van der Waals surface area contributed by atoms with Crippen LogP contribution in [0.5, 0.6) is 0 Å². The van der Waals surface area contributed by atoms with Crippen LogP contribution in [0, 0.1) is 5.82 Å². The molecule has 0 amide bonds. The number of nitrogens with zero attached hydrogens (tertiary/aromatic N) is 2. The first-order valence-corrected chi connectivity index (χ1v) is 7.36. The zero-order valence-electron chi connectivity index (χ0n) is 10.6. The highest BCUT2D eigenvalue weighted by Crippen LogP contribution is 2.22. The number of halogens is 2. The van der Waals surface area contributed by atoms with E-state index in [9.17, 15) is 9.18 Å². The topological polar surface area (TPSA) is 23.6 Å². The Morgan fingerprint density at radius 3 is 2.63 bits per heavy atom. The maximum absolute atomic E-state index is 13.0. The SMILES string of the molecule is O=C(Cc1ccc(F)cc1Br)C1CN2CCN1CC2. The number of benzene rings is 1. The van der Waals surface area contributed by atoms with Crippen LogP contribution in [-0.4, -0.2) is 54.3 Å².